The minimum atomic E-state index is -0.428. The predicted octanol–water partition coefficient (Wildman–Crippen LogP) is 8.75. The quantitative estimate of drug-likeness (QED) is 0.133. The van der Waals surface area contributed by atoms with Crippen LogP contribution < -0.4 is 4.74 Å². The highest BCUT2D eigenvalue weighted by molar-refractivity contribution is 5.87. The Morgan fingerprint density at radius 1 is 0.763 bits per heavy atom. The van der Waals surface area contributed by atoms with Gasteiger partial charge in [0.15, 0.2) is 0 Å². The maximum Gasteiger partial charge on any atom is 0.144 e. The maximum atomic E-state index is 11.6. The van der Waals surface area contributed by atoms with Crippen LogP contribution in [0.4, 0.5) is 5.69 Å². The first-order valence-electron chi connectivity index (χ1n) is 13.1. The number of hydrogen-bond acceptors (Lipinski definition) is 3. The van der Waals surface area contributed by atoms with Crippen LogP contribution in [0, 0.1) is 0 Å². The smallest absolute Gasteiger partial charge is 0.144 e. The molecule has 38 heavy (non-hydrogen) atoms. The molecule has 0 aliphatic carbocycles. The second-order valence-corrected chi connectivity index (χ2v) is 10.6. The van der Waals surface area contributed by atoms with Crippen molar-refractivity contribution in [2.75, 3.05) is 6.61 Å². The summed E-state index contributed by atoms with van der Waals surface area (Å²) in [6.07, 6.45) is 4.34. The van der Waals surface area contributed by atoms with Crippen molar-refractivity contribution in [3.8, 4) is 11.5 Å². The van der Waals surface area contributed by atoms with Crippen molar-refractivity contribution in [2.45, 2.75) is 44.9 Å². The lowest BCUT2D eigenvalue weighted by Crippen LogP contribution is -2.24. The molecule has 3 heteroatoms. The maximum absolute atomic E-state index is 11.6. The molecule has 0 aromatic heterocycles. The molecule has 0 unspecified atom stereocenters. The third-order valence-electron chi connectivity index (χ3n) is 7.31. The summed E-state index contributed by atoms with van der Waals surface area (Å²) in [7, 11) is 0. The van der Waals surface area contributed by atoms with Crippen molar-refractivity contribution >= 4 is 11.9 Å². The number of phenols is 1. The van der Waals surface area contributed by atoms with Crippen molar-refractivity contribution in [1.29, 1.82) is 0 Å². The summed E-state index contributed by atoms with van der Waals surface area (Å²) in [5.74, 6) is 0.941. The molecule has 0 bridgehead atoms. The molecule has 0 aliphatic heterocycles. The Morgan fingerprint density at radius 2 is 1.34 bits per heavy atom. The number of nitrogens with zero attached hydrogens (tertiary/aromatic N) is 1. The molecule has 1 N–H and O–H groups in total. The van der Waals surface area contributed by atoms with Crippen molar-refractivity contribution in [3.63, 3.8) is 0 Å². The SMILES string of the molecule is C=CCCOc1ccccc1N=Cc1cc(C(C)(C)c2ccccc2)cc(C(C)(C)c2ccccc2)c1O. The van der Waals surface area contributed by atoms with Gasteiger partial charge in [0, 0.05) is 28.2 Å². The average Bonchev–Trinajstić information content (AvgIpc) is 2.94. The second kappa shape index (κ2) is 11.5. The van der Waals surface area contributed by atoms with Crippen LogP contribution in [0.25, 0.3) is 0 Å². The predicted molar refractivity (Wildman–Crippen MR) is 159 cm³/mol. The van der Waals surface area contributed by atoms with Crippen LogP contribution in [0.15, 0.2) is 115 Å². The van der Waals surface area contributed by atoms with Crippen LogP contribution in [-0.2, 0) is 10.8 Å². The molecule has 4 rings (SSSR count). The topological polar surface area (TPSA) is 41.8 Å². The normalized spacial score (nSPS) is 12.0. The van der Waals surface area contributed by atoms with Crippen LogP contribution in [0.5, 0.6) is 11.5 Å². The Labute approximate surface area is 227 Å². The minimum absolute atomic E-state index is 0.236. The number of ether oxygens (including phenoxy) is 1. The number of rotatable bonds is 10. The van der Waals surface area contributed by atoms with Crippen LogP contribution in [0.1, 0.15) is 61.9 Å². The van der Waals surface area contributed by atoms with E-state index in [0.717, 1.165) is 23.1 Å². The lowest BCUT2D eigenvalue weighted by Gasteiger charge is -2.32. The molecule has 0 saturated carbocycles. The Bertz CT molecular complexity index is 1400. The van der Waals surface area contributed by atoms with Gasteiger partial charge in [-0.25, -0.2) is 0 Å². The van der Waals surface area contributed by atoms with E-state index in [1.54, 1.807) is 6.21 Å². The summed E-state index contributed by atoms with van der Waals surface area (Å²) in [4.78, 5) is 4.77. The summed E-state index contributed by atoms with van der Waals surface area (Å²) < 4.78 is 5.92. The number of para-hydroxylation sites is 2. The summed E-state index contributed by atoms with van der Waals surface area (Å²) in [5, 5.41) is 11.6. The average molecular weight is 504 g/mol. The van der Waals surface area contributed by atoms with Crippen molar-refractivity contribution in [3.05, 3.63) is 138 Å². The first-order valence-corrected chi connectivity index (χ1v) is 13.1. The number of phenolic OH excluding ortho intramolecular Hbond substituents is 1. The zero-order valence-corrected chi connectivity index (χ0v) is 22.8. The van der Waals surface area contributed by atoms with Gasteiger partial charge >= 0.3 is 0 Å². The molecule has 0 radical (unpaired) electrons. The van der Waals surface area contributed by atoms with E-state index < -0.39 is 5.41 Å². The van der Waals surface area contributed by atoms with E-state index in [4.69, 9.17) is 9.73 Å². The lowest BCUT2D eigenvalue weighted by atomic mass is 9.72. The molecular weight excluding hydrogens is 466 g/mol. The third kappa shape index (κ3) is 5.73. The highest BCUT2D eigenvalue weighted by Gasteiger charge is 2.31. The zero-order chi connectivity index (χ0) is 27.2. The van der Waals surface area contributed by atoms with E-state index >= 15 is 0 Å². The second-order valence-electron chi connectivity index (χ2n) is 10.6. The number of aromatic hydroxyl groups is 1. The first kappa shape index (κ1) is 26.9. The third-order valence-corrected chi connectivity index (χ3v) is 7.31. The van der Waals surface area contributed by atoms with Gasteiger partial charge in [-0.05, 0) is 41.3 Å². The highest BCUT2D eigenvalue weighted by atomic mass is 16.5. The summed E-state index contributed by atoms with van der Waals surface area (Å²) in [6.45, 7) is 13.0. The number of aliphatic imine (C=N–C) groups is 1. The van der Waals surface area contributed by atoms with E-state index in [1.807, 2.05) is 54.6 Å². The van der Waals surface area contributed by atoms with Gasteiger partial charge in [-0.1, -0.05) is 113 Å². The zero-order valence-electron chi connectivity index (χ0n) is 22.8. The monoisotopic (exact) mass is 503 g/mol. The van der Waals surface area contributed by atoms with E-state index in [9.17, 15) is 5.11 Å². The summed E-state index contributed by atoms with van der Waals surface area (Å²) in [6, 6.07) is 32.7. The van der Waals surface area contributed by atoms with E-state index in [2.05, 4.69) is 82.8 Å². The van der Waals surface area contributed by atoms with E-state index in [0.29, 0.717) is 23.6 Å². The van der Waals surface area contributed by atoms with Gasteiger partial charge in [0.2, 0.25) is 0 Å². The van der Waals surface area contributed by atoms with Gasteiger partial charge in [0.05, 0.1) is 6.61 Å². The van der Waals surface area contributed by atoms with Crippen molar-refractivity contribution in [2.24, 2.45) is 4.99 Å². The molecule has 3 nitrogen and oxygen atoms in total. The fourth-order valence-electron chi connectivity index (χ4n) is 4.70. The standard InChI is InChI=1S/C35H37NO2/c1-6-7-22-38-32-21-15-14-20-31(32)36-25-26-23-29(34(2,3)27-16-10-8-11-17-27)24-30(33(26)37)35(4,5)28-18-12-9-13-19-28/h6,8-21,23-25,37H,1,7,22H2,2-5H3. The molecule has 194 valence electrons. The molecule has 0 aliphatic rings. The Morgan fingerprint density at radius 3 is 1.97 bits per heavy atom. The lowest BCUT2D eigenvalue weighted by molar-refractivity contribution is 0.326. The molecule has 0 atom stereocenters. The Hall–Kier alpha value is -4.11. The summed E-state index contributed by atoms with van der Waals surface area (Å²) in [5.41, 5.74) is 4.98. The number of benzene rings is 4. The first-order chi connectivity index (χ1) is 18.2. The molecule has 0 saturated heterocycles. The molecule has 0 fully saturated rings. The Kier molecular flexibility index (Phi) is 8.16. The molecule has 4 aromatic carbocycles. The molecule has 4 aromatic rings. The van der Waals surface area contributed by atoms with E-state index in [1.165, 1.54) is 5.56 Å². The van der Waals surface area contributed by atoms with Crippen molar-refractivity contribution in [1.82, 2.24) is 0 Å². The fraction of sp³-hybridized carbons (Fsp3) is 0.229. The van der Waals surface area contributed by atoms with Gasteiger partial charge in [-0.3, -0.25) is 4.99 Å². The summed E-state index contributed by atoms with van der Waals surface area (Å²) >= 11 is 0. The van der Waals surface area contributed by atoms with Gasteiger partial charge in [0.25, 0.3) is 0 Å². The van der Waals surface area contributed by atoms with Crippen LogP contribution in [-0.4, -0.2) is 17.9 Å². The number of hydrogen-bond donors (Lipinski definition) is 1. The largest absolute Gasteiger partial charge is 0.507 e. The molecule has 0 spiro atoms. The molecular formula is C35H37NO2. The highest BCUT2D eigenvalue weighted by Crippen LogP contribution is 2.42. The van der Waals surface area contributed by atoms with Crippen molar-refractivity contribution < 1.29 is 9.84 Å². The van der Waals surface area contributed by atoms with Crippen LogP contribution in [0.2, 0.25) is 0 Å². The van der Waals surface area contributed by atoms with Gasteiger partial charge in [-0.15, -0.1) is 6.58 Å². The van der Waals surface area contributed by atoms with Gasteiger partial charge in [-0.2, -0.15) is 0 Å². The van der Waals surface area contributed by atoms with Crippen LogP contribution in [0.3, 0.4) is 0 Å². The fourth-order valence-corrected chi connectivity index (χ4v) is 4.70. The molecule has 0 amide bonds. The molecule has 0 heterocycles. The Balaban J connectivity index is 1.85. The van der Waals surface area contributed by atoms with Crippen LogP contribution >= 0.6 is 0 Å². The van der Waals surface area contributed by atoms with Gasteiger partial charge < -0.3 is 9.84 Å². The van der Waals surface area contributed by atoms with E-state index in [-0.39, 0.29) is 11.2 Å². The van der Waals surface area contributed by atoms with Gasteiger partial charge in [0.1, 0.15) is 17.2 Å². The minimum Gasteiger partial charge on any atom is -0.507 e.